The minimum atomic E-state index is -0.137. The minimum Gasteiger partial charge on any atom is -0.462 e. The van der Waals surface area contributed by atoms with E-state index in [-0.39, 0.29) is 18.0 Å². The molecule has 1 aromatic carbocycles. The number of carbonyl (C=O) groups excluding carboxylic acids is 2. The summed E-state index contributed by atoms with van der Waals surface area (Å²) in [6.07, 6.45) is 9.08. The van der Waals surface area contributed by atoms with Gasteiger partial charge >= 0.3 is 5.97 Å². The zero-order chi connectivity index (χ0) is 16.9. The maximum absolute atomic E-state index is 12.2. The van der Waals surface area contributed by atoms with E-state index in [4.69, 9.17) is 4.74 Å². The fourth-order valence-electron chi connectivity index (χ4n) is 4.24. The van der Waals surface area contributed by atoms with Gasteiger partial charge in [-0.05, 0) is 48.8 Å². The quantitative estimate of drug-likeness (QED) is 0.847. The molecule has 4 heteroatoms. The molecule has 1 amide bonds. The zero-order valence-corrected chi connectivity index (χ0v) is 14.4. The van der Waals surface area contributed by atoms with E-state index in [9.17, 15) is 9.59 Å². The Hall–Kier alpha value is -1.84. The first-order valence-corrected chi connectivity index (χ1v) is 9.16. The van der Waals surface area contributed by atoms with Gasteiger partial charge in [-0.25, -0.2) is 0 Å². The van der Waals surface area contributed by atoms with Crippen molar-refractivity contribution in [3.05, 3.63) is 29.8 Å². The third-order valence-corrected chi connectivity index (χ3v) is 5.41. The Bertz CT molecular complexity index is 581. The third-order valence-electron chi connectivity index (χ3n) is 5.41. The molecule has 0 saturated heterocycles. The van der Waals surface area contributed by atoms with Gasteiger partial charge in [-0.3, -0.25) is 9.59 Å². The Morgan fingerprint density at radius 2 is 1.75 bits per heavy atom. The number of carbonyl (C=O) groups is 2. The van der Waals surface area contributed by atoms with E-state index >= 15 is 0 Å². The summed E-state index contributed by atoms with van der Waals surface area (Å²) >= 11 is 0. The SMILES string of the molecule is CC(=O)Nc1ccc(CC(=O)OC2CCC3CCCCC3C2)cc1. The molecule has 0 heterocycles. The molecule has 0 spiro atoms. The predicted octanol–water partition coefficient (Wildman–Crippen LogP) is 4.09. The fourth-order valence-corrected chi connectivity index (χ4v) is 4.24. The van der Waals surface area contributed by atoms with Crippen LogP contribution in [0.1, 0.15) is 57.4 Å². The molecule has 2 aliphatic carbocycles. The van der Waals surface area contributed by atoms with Crippen molar-refractivity contribution in [2.24, 2.45) is 11.8 Å². The second-order valence-corrected chi connectivity index (χ2v) is 7.28. The largest absolute Gasteiger partial charge is 0.462 e. The van der Waals surface area contributed by atoms with Crippen LogP contribution in [0.5, 0.6) is 0 Å². The average molecular weight is 329 g/mol. The first kappa shape index (κ1) is 17.0. The lowest BCUT2D eigenvalue weighted by atomic mass is 9.70. The van der Waals surface area contributed by atoms with Gasteiger partial charge in [-0.2, -0.15) is 0 Å². The van der Waals surface area contributed by atoms with Crippen molar-refractivity contribution in [2.75, 3.05) is 5.32 Å². The molecule has 2 aliphatic rings. The highest BCUT2D eigenvalue weighted by molar-refractivity contribution is 5.88. The number of amides is 1. The van der Waals surface area contributed by atoms with Crippen molar-refractivity contribution in [2.45, 2.75) is 64.4 Å². The van der Waals surface area contributed by atoms with Crippen molar-refractivity contribution in [1.82, 2.24) is 0 Å². The number of esters is 1. The summed E-state index contributed by atoms with van der Waals surface area (Å²) in [5, 5.41) is 2.72. The number of anilines is 1. The molecule has 1 aromatic rings. The van der Waals surface area contributed by atoms with E-state index in [1.165, 1.54) is 39.0 Å². The Labute approximate surface area is 144 Å². The highest BCUT2D eigenvalue weighted by Crippen LogP contribution is 2.41. The van der Waals surface area contributed by atoms with Gasteiger partial charge in [-0.1, -0.05) is 37.8 Å². The van der Waals surface area contributed by atoms with Crippen LogP contribution in [-0.4, -0.2) is 18.0 Å². The van der Waals surface area contributed by atoms with Crippen LogP contribution >= 0.6 is 0 Å². The van der Waals surface area contributed by atoms with E-state index in [0.29, 0.717) is 6.42 Å². The number of hydrogen-bond donors (Lipinski definition) is 1. The standard InChI is InChI=1S/C20H27NO3/c1-14(22)21-18-9-6-15(7-10-18)12-20(23)24-19-11-8-16-4-2-3-5-17(16)13-19/h6-7,9-10,16-17,19H,2-5,8,11-13H2,1H3,(H,21,22). The molecule has 3 unspecified atom stereocenters. The van der Waals surface area contributed by atoms with Gasteiger partial charge in [0.2, 0.25) is 5.91 Å². The molecule has 1 N–H and O–H groups in total. The van der Waals surface area contributed by atoms with E-state index in [1.54, 1.807) is 0 Å². The molecule has 0 bridgehead atoms. The molecule has 0 aliphatic heterocycles. The van der Waals surface area contributed by atoms with Crippen molar-refractivity contribution >= 4 is 17.6 Å². The van der Waals surface area contributed by atoms with Gasteiger partial charge in [0, 0.05) is 12.6 Å². The van der Waals surface area contributed by atoms with Gasteiger partial charge in [0.1, 0.15) is 6.10 Å². The number of fused-ring (bicyclic) bond motifs is 1. The van der Waals surface area contributed by atoms with Crippen molar-refractivity contribution in [3.63, 3.8) is 0 Å². The van der Waals surface area contributed by atoms with Crippen LogP contribution in [-0.2, 0) is 20.7 Å². The molecule has 3 rings (SSSR count). The minimum absolute atomic E-state index is 0.0968. The molecule has 0 aromatic heterocycles. The normalized spacial score (nSPS) is 26.3. The van der Waals surface area contributed by atoms with Crippen LogP contribution in [0.15, 0.2) is 24.3 Å². The average Bonchev–Trinajstić information content (AvgIpc) is 2.56. The number of nitrogens with one attached hydrogen (secondary N) is 1. The summed E-state index contributed by atoms with van der Waals surface area (Å²) in [6.45, 7) is 1.48. The molecule has 0 radical (unpaired) electrons. The molecule has 3 atom stereocenters. The van der Waals surface area contributed by atoms with Gasteiger partial charge in [0.15, 0.2) is 0 Å². The number of hydrogen-bond acceptors (Lipinski definition) is 3. The summed E-state index contributed by atoms with van der Waals surface area (Å²) in [4.78, 5) is 23.2. The van der Waals surface area contributed by atoms with Crippen molar-refractivity contribution in [3.8, 4) is 0 Å². The number of ether oxygens (including phenoxy) is 1. The monoisotopic (exact) mass is 329 g/mol. The topological polar surface area (TPSA) is 55.4 Å². The molecule has 2 fully saturated rings. The molecular formula is C20H27NO3. The first-order chi connectivity index (χ1) is 11.6. The molecular weight excluding hydrogens is 302 g/mol. The van der Waals surface area contributed by atoms with Gasteiger partial charge in [0.05, 0.1) is 6.42 Å². The lowest BCUT2D eigenvalue weighted by Crippen LogP contribution is -2.33. The van der Waals surface area contributed by atoms with Gasteiger partial charge in [-0.15, -0.1) is 0 Å². The Morgan fingerprint density at radius 1 is 1.04 bits per heavy atom. The van der Waals surface area contributed by atoms with Crippen molar-refractivity contribution < 1.29 is 14.3 Å². The zero-order valence-electron chi connectivity index (χ0n) is 14.4. The molecule has 24 heavy (non-hydrogen) atoms. The van der Waals surface area contributed by atoms with Gasteiger partial charge < -0.3 is 10.1 Å². The summed E-state index contributed by atoms with van der Waals surface area (Å²) < 4.78 is 5.73. The van der Waals surface area contributed by atoms with E-state index in [0.717, 1.165) is 35.9 Å². The van der Waals surface area contributed by atoms with Crippen molar-refractivity contribution in [1.29, 1.82) is 0 Å². The lowest BCUT2D eigenvalue weighted by molar-refractivity contribution is -0.151. The van der Waals surface area contributed by atoms with Crippen LogP contribution in [0.3, 0.4) is 0 Å². The lowest BCUT2D eigenvalue weighted by Gasteiger charge is -2.38. The maximum Gasteiger partial charge on any atom is 0.310 e. The van der Waals surface area contributed by atoms with Crippen LogP contribution in [0.2, 0.25) is 0 Å². The smallest absolute Gasteiger partial charge is 0.310 e. The molecule has 4 nitrogen and oxygen atoms in total. The summed E-state index contributed by atoms with van der Waals surface area (Å²) in [5.74, 6) is 1.40. The van der Waals surface area contributed by atoms with E-state index in [2.05, 4.69) is 5.32 Å². The highest BCUT2D eigenvalue weighted by atomic mass is 16.5. The van der Waals surface area contributed by atoms with Crippen LogP contribution in [0, 0.1) is 11.8 Å². The molecule has 130 valence electrons. The van der Waals surface area contributed by atoms with E-state index < -0.39 is 0 Å². The molecule has 2 saturated carbocycles. The second kappa shape index (κ2) is 7.82. The summed E-state index contributed by atoms with van der Waals surface area (Å²) in [5.41, 5.74) is 1.66. The Morgan fingerprint density at radius 3 is 2.46 bits per heavy atom. The number of benzene rings is 1. The Kier molecular flexibility index (Phi) is 5.54. The van der Waals surface area contributed by atoms with Gasteiger partial charge in [0.25, 0.3) is 0 Å². The van der Waals surface area contributed by atoms with Crippen LogP contribution < -0.4 is 5.32 Å². The summed E-state index contributed by atoms with van der Waals surface area (Å²) in [6, 6.07) is 7.36. The predicted molar refractivity (Wildman–Crippen MR) is 93.6 cm³/mol. The highest BCUT2D eigenvalue weighted by Gasteiger charge is 2.33. The van der Waals surface area contributed by atoms with E-state index in [1.807, 2.05) is 24.3 Å². The fraction of sp³-hybridized carbons (Fsp3) is 0.600. The Balaban J connectivity index is 1.47. The number of rotatable bonds is 4. The maximum atomic E-state index is 12.2. The third kappa shape index (κ3) is 4.59. The summed E-state index contributed by atoms with van der Waals surface area (Å²) in [7, 11) is 0. The van der Waals surface area contributed by atoms with Crippen LogP contribution in [0.4, 0.5) is 5.69 Å². The first-order valence-electron chi connectivity index (χ1n) is 9.16. The van der Waals surface area contributed by atoms with Crippen LogP contribution in [0.25, 0.3) is 0 Å². The second-order valence-electron chi connectivity index (χ2n) is 7.28.